The minimum atomic E-state index is 0.589. The van der Waals surface area contributed by atoms with Crippen molar-refractivity contribution in [3.63, 3.8) is 0 Å². The van der Waals surface area contributed by atoms with E-state index in [-0.39, 0.29) is 0 Å². The van der Waals surface area contributed by atoms with Crippen LogP contribution in [0.2, 0.25) is 0 Å². The van der Waals surface area contributed by atoms with Gasteiger partial charge in [0, 0.05) is 6.20 Å². The summed E-state index contributed by atoms with van der Waals surface area (Å²) in [6, 6.07) is 3.71. The maximum Gasteiger partial charge on any atom is 0.190 e. The smallest absolute Gasteiger partial charge is 0.190 e. The average molecular weight is 170 g/mol. The van der Waals surface area contributed by atoms with Crippen LogP contribution in [0.25, 0.3) is 16.8 Å². The molecule has 0 bridgehead atoms. The van der Waals surface area contributed by atoms with Crippen molar-refractivity contribution in [2.24, 2.45) is 0 Å². The van der Waals surface area contributed by atoms with Crippen molar-refractivity contribution in [1.29, 1.82) is 0 Å². The summed E-state index contributed by atoms with van der Waals surface area (Å²) in [7, 11) is 0. The summed E-state index contributed by atoms with van der Waals surface area (Å²) in [5, 5.41) is 7.58. The normalized spacial score (nSPS) is 11.1. The van der Waals surface area contributed by atoms with E-state index < -0.39 is 0 Å². The van der Waals surface area contributed by atoms with Crippen molar-refractivity contribution in [2.75, 3.05) is 0 Å². The Labute approximate surface area is 73.1 Å². The number of nitrogens with zero attached hydrogens (tertiary/aromatic N) is 5. The second-order valence-electron chi connectivity index (χ2n) is 2.59. The van der Waals surface area contributed by atoms with Gasteiger partial charge in [-0.05, 0) is 12.1 Å². The molecule has 0 saturated heterocycles. The number of pyridine rings is 1. The monoisotopic (exact) mass is 170 g/mol. The molecule has 0 N–H and O–H groups in total. The third-order valence-electron chi connectivity index (χ3n) is 1.82. The number of aromatic nitrogens is 5. The van der Waals surface area contributed by atoms with E-state index in [4.69, 9.17) is 0 Å². The SMILES string of the molecule is [c]1nc2cccnc2n2cnnc12. The van der Waals surface area contributed by atoms with Gasteiger partial charge in [0.2, 0.25) is 0 Å². The number of hydrogen-bond donors (Lipinski definition) is 0. The minimum Gasteiger partial charge on any atom is -0.262 e. The standard InChI is InChI=1S/C8H4N5/c1-2-6-8(9-3-1)13-5-11-12-7(13)4-10-6/h1-3,5H. The fourth-order valence-corrected chi connectivity index (χ4v) is 1.24. The molecule has 3 aromatic rings. The molecule has 3 heterocycles. The van der Waals surface area contributed by atoms with Crippen LogP contribution in [0.3, 0.4) is 0 Å². The van der Waals surface area contributed by atoms with Crippen molar-refractivity contribution in [3.8, 4) is 0 Å². The number of hydrogen-bond acceptors (Lipinski definition) is 4. The third-order valence-corrected chi connectivity index (χ3v) is 1.82. The minimum absolute atomic E-state index is 0.589. The van der Waals surface area contributed by atoms with E-state index in [0.717, 1.165) is 11.2 Å². The summed E-state index contributed by atoms with van der Waals surface area (Å²) in [5.41, 5.74) is 2.13. The van der Waals surface area contributed by atoms with Crippen LogP contribution in [0.15, 0.2) is 24.7 Å². The molecule has 0 spiro atoms. The molecule has 5 nitrogen and oxygen atoms in total. The van der Waals surface area contributed by atoms with E-state index in [9.17, 15) is 0 Å². The summed E-state index contributed by atoms with van der Waals surface area (Å²) in [6.45, 7) is 0. The zero-order valence-corrected chi connectivity index (χ0v) is 6.55. The average Bonchev–Trinajstić information content (AvgIpc) is 2.65. The Kier molecular flexibility index (Phi) is 1.11. The summed E-state index contributed by atoms with van der Waals surface area (Å²) in [5.74, 6) is 0. The molecular formula is C8H4N5. The molecule has 5 heteroatoms. The Hall–Kier alpha value is -2.04. The van der Waals surface area contributed by atoms with Gasteiger partial charge in [-0.25, -0.2) is 9.97 Å². The highest BCUT2D eigenvalue weighted by Gasteiger charge is 2.01. The summed E-state index contributed by atoms with van der Waals surface area (Å²) < 4.78 is 1.75. The van der Waals surface area contributed by atoms with E-state index in [1.807, 2.05) is 12.1 Å². The fourth-order valence-electron chi connectivity index (χ4n) is 1.24. The molecule has 0 aliphatic heterocycles. The Bertz CT molecular complexity index is 571. The highest BCUT2D eigenvalue weighted by molar-refractivity contribution is 5.72. The predicted octanol–water partition coefficient (Wildman–Crippen LogP) is 0.473. The molecule has 0 aromatic carbocycles. The first-order valence-corrected chi connectivity index (χ1v) is 3.77. The van der Waals surface area contributed by atoms with Gasteiger partial charge in [-0.15, -0.1) is 10.2 Å². The molecule has 61 valence electrons. The van der Waals surface area contributed by atoms with Crippen LogP contribution in [-0.2, 0) is 0 Å². The van der Waals surface area contributed by atoms with E-state index >= 15 is 0 Å². The van der Waals surface area contributed by atoms with Crippen LogP contribution in [0.5, 0.6) is 0 Å². The van der Waals surface area contributed by atoms with Crippen LogP contribution in [0.4, 0.5) is 0 Å². The van der Waals surface area contributed by atoms with Crippen LogP contribution in [-0.4, -0.2) is 24.6 Å². The van der Waals surface area contributed by atoms with Gasteiger partial charge < -0.3 is 0 Å². The quantitative estimate of drug-likeness (QED) is 0.492. The zero-order valence-electron chi connectivity index (χ0n) is 6.55. The van der Waals surface area contributed by atoms with E-state index in [1.54, 1.807) is 16.9 Å². The maximum absolute atomic E-state index is 4.18. The first-order valence-electron chi connectivity index (χ1n) is 3.77. The van der Waals surface area contributed by atoms with Crippen LogP contribution < -0.4 is 0 Å². The maximum atomic E-state index is 4.18. The first kappa shape index (κ1) is 6.47. The van der Waals surface area contributed by atoms with Gasteiger partial charge in [-0.2, -0.15) is 0 Å². The Morgan fingerprint density at radius 1 is 1.38 bits per heavy atom. The zero-order chi connectivity index (χ0) is 8.67. The topological polar surface area (TPSA) is 56.0 Å². The Morgan fingerprint density at radius 2 is 2.38 bits per heavy atom. The number of fused-ring (bicyclic) bond motifs is 3. The van der Waals surface area contributed by atoms with Gasteiger partial charge in [0.1, 0.15) is 18.0 Å². The van der Waals surface area contributed by atoms with E-state index in [2.05, 4.69) is 26.4 Å². The van der Waals surface area contributed by atoms with E-state index in [1.165, 1.54) is 0 Å². The lowest BCUT2D eigenvalue weighted by Gasteiger charge is -1.96. The van der Waals surface area contributed by atoms with Crippen LogP contribution in [0.1, 0.15) is 0 Å². The molecule has 0 atom stereocenters. The second-order valence-corrected chi connectivity index (χ2v) is 2.59. The molecule has 3 rings (SSSR count). The lowest BCUT2D eigenvalue weighted by atomic mass is 10.4. The molecule has 1 radical (unpaired) electrons. The van der Waals surface area contributed by atoms with Gasteiger partial charge in [0.25, 0.3) is 0 Å². The lowest BCUT2D eigenvalue weighted by molar-refractivity contribution is 1.10. The van der Waals surface area contributed by atoms with Crippen LogP contribution >= 0.6 is 0 Å². The van der Waals surface area contributed by atoms with Crippen molar-refractivity contribution in [1.82, 2.24) is 24.6 Å². The lowest BCUT2D eigenvalue weighted by Crippen LogP contribution is -1.92. The van der Waals surface area contributed by atoms with Crippen molar-refractivity contribution in [3.05, 3.63) is 30.9 Å². The molecule has 0 saturated carbocycles. The van der Waals surface area contributed by atoms with Crippen molar-refractivity contribution < 1.29 is 0 Å². The van der Waals surface area contributed by atoms with Gasteiger partial charge in [-0.1, -0.05) is 0 Å². The molecular weight excluding hydrogens is 166 g/mol. The summed E-state index contributed by atoms with van der Waals surface area (Å²) in [4.78, 5) is 8.25. The number of rotatable bonds is 0. The summed E-state index contributed by atoms with van der Waals surface area (Å²) >= 11 is 0. The molecule has 3 aromatic heterocycles. The Morgan fingerprint density at radius 3 is 3.38 bits per heavy atom. The second kappa shape index (κ2) is 2.22. The molecule has 0 fully saturated rings. The molecule has 0 amide bonds. The highest BCUT2D eigenvalue weighted by Crippen LogP contribution is 2.07. The molecule has 13 heavy (non-hydrogen) atoms. The van der Waals surface area contributed by atoms with Crippen molar-refractivity contribution >= 4 is 16.8 Å². The summed E-state index contributed by atoms with van der Waals surface area (Å²) in [6.07, 6.45) is 6.08. The van der Waals surface area contributed by atoms with Crippen LogP contribution in [0, 0.1) is 6.20 Å². The predicted molar refractivity (Wildman–Crippen MR) is 44.9 cm³/mol. The highest BCUT2D eigenvalue weighted by atomic mass is 15.2. The Balaban J connectivity index is 2.65. The van der Waals surface area contributed by atoms with Crippen molar-refractivity contribution in [2.45, 2.75) is 0 Å². The molecule has 0 unspecified atom stereocenters. The van der Waals surface area contributed by atoms with Gasteiger partial charge in [-0.3, -0.25) is 4.40 Å². The fraction of sp³-hybridized carbons (Fsp3) is 0. The first-order chi connectivity index (χ1) is 6.45. The largest absolute Gasteiger partial charge is 0.262 e. The van der Waals surface area contributed by atoms with Gasteiger partial charge in [0.05, 0.1) is 0 Å². The molecule has 0 aliphatic rings. The van der Waals surface area contributed by atoms with Gasteiger partial charge in [0.15, 0.2) is 11.3 Å². The molecule has 0 aliphatic carbocycles. The third kappa shape index (κ3) is 0.807. The van der Waals surface area contributed by atoms with E-state index in [0.29, 0.717) is 5.65 Å². The van der Waals surface area contributed by atoms with Gasteiger partial charge >= 0.3 is 0 Å².